The van der Waals surface area contributed by atoms with E-state index in [9.17, 15) is 9.18 Å². The number of hydrogen-bond acceptors (Lipinski definition) is 1. The summed E-state index contributed by atoms with van der Waals surface area (Å²) in [4.78, 5) is 10.5. The molecular weight excluding hydrogens is 351 g/mol. The zero-order valence-electron chi connectivity index (χ0n) is 15.2. The molecule has 1 aromatic rings. The number of carboxylic acid groups (broad SMARTS) is 1. The van der Waals surface area contributed by atoms with Crippen LogP contribution >= 0.6 is 11.6 Å². The van der Waals surface area contributed by atoms with Gasteiger partial charge in [-0.15, -0.1) is 0 Å². The Morgan fingerprint density at radius 3 is 2.27 bits per heavy atom. The van der Waals surface area contributed by atoms with Crippen molar-refractivity contribution in [2.75, 3.05) is 0 Å². The summed E-state index contributed by atoms with van der Waals surface area (Å²) >= 11 is 5.79. The molecule has 0 amide bonds. The average Bonchev–Trinajstić information content (AvgIpc) is 2.64. The number of benzene rings is 1. The smallest absolute Gasteiger partial charge is 0.327 e. The normalized spacial score (nSPS) is 29.8. The molecule has 1 aromatic carbocycles. The second kappa shape index (κ2) is 9.03. The highest BCUT2D eigenvalue weighted by atomic mass is 35.5. The van der Waals surface area contributed by atoms with E-state index in [0.717, 1.165) is 36.7 Å². The third-order valence-corrected chi connectivity index (χ3v) is 6.78. The van der Waals surface area contributed by atoms with Crippen LogP contribution in [-0.4, -0.2) is 11.1 Å². The van der Waals surface area contributed by atoms with Gasteiger partial charge in [0.15, 0.2) is 0 Å². The van der Waals surface area contributed by atoms with Crippen molar-refractivity contribution in [3.8, 4) is 0 Å². The number of carboxylic acids is 1. The first kappa shape index (κ1) is 19.4. The first-order valence-electron chi connectivity index (χ1n) is 9.87. The van der Waals surface area contributed by atoms with Crippen LogP contribution in [0.25, 0.3) is 0 Å². The van der Waals surface area contributed by atoms with Crippen LogP contribution in [0.2, 0.25) is 5.02 Å². The zero-order chi connectivity index (χ0) is 18.5. The van der Waals surface area contributed by atoms with Crippen molar-refractivity contribution < 1.29 is 14.3 Å². The second-order valence-electron chi connectivity index (χ2n) is 8.04. The highest BCUT2D eigenvalue weighted by molar-refractivity contribution is 6.30. The lowest BCUT2D eigenvalue weighted by molar-refractivity contribution is -0.131. The summed E-state index contributed by atoms with van der Waals surface area (Å²) in [5.41, 5.74) is 1.10. The predicted molar refractivity (Wildman–Crippen MR) is 103 cm³/mol. The molecule has 0 atom stereocenters. The molecule has 3 rings (SSSR count). The van der Waals surface area contributed by atoms with Gasteiger partial charge >= 0.3 is 5.97 Å². The fraction of sp³-hybridized carbons (Fsp3) is 0.591. The first-order valence-corrected chi connectivity index (χ1v) is 10.2. The Morgan fingerprint density at radius 2 is 1.69 bits per heavy atom. The maximum absolute atomic E-state index is 13.7. The number of allylic oxidation sites excluding steroid dienone is 1. The molecule has 4 heteroatoms. The summed E-state index contributed by atoms with van der Waals surface area (Å²) < 4.78 is 13.7. The lowest BCUT2D eigenvalue weighted by Gasteiger charge is -2.38. The van der Waals surface area contributed by atoms with Gasteiger partial charge in [-0.25, -0.2) is 9.18 Å². The van der Waals surface area contributed by atoms with Crippen molar-refractivity contribution >= 4 is 17.6 Å². The largest absolute Gasteiger partial charge is 0.478 e. The summed E-state index contributed by atoms with van der Waals surface area (Å²) in [6, 6.07) is 5.27. The van der Waals surface area contributed by atoms with E-state index in [0.29, 0.717) is 11.8 Å². The van der Waals surface area contributed by atoms with Gasteiger partial charge in [0.25, 0.3) is 0 Å². The van der Waals surface area contributed by atoms with E-state index >= 15 is 0 Å². The lowest BCUT2D eigenvalue weighted by atomic mass is 9.68. The summed E-state index contributed by atoms with van der Waals surface area (Å²) in [6.07, 6.45) is 13.7. The number of rotatable bonds is 5. The average molecular weight is 379 g/mol. The molecule has 0 saturated heterocycles. The van der Waals surface area contributed by atoms with Gasteiger partial charge in [0.05, 0.1) is 5.02 Å². The van der Waals surface area contributed by atoms with Gasteiger partial charge in [-0.05, 0) is 99.2 Å². The highest BCUT2D eigenvalue weighted by Crippen LogP contribution is 2.44. The van der Waals surface area contributed by atoms with Crippen LogP contribution in [0.1, 0.15) is 69.3 Å². The fourth-order valence-electron chi connectivity index (χ4n) is 4.95. The van der Waals surface area contributed by atoms with Gasteiger partial charge in [0.1, 0.15) is 5.82 Å². The highest BCUT2D eigenvalue weighted by Gasteiger charge is 2.31. The summed E-state index contributed by atoms with van der Waals surface area (Å²) in [6.45, 7) is 0. The standard InChI is InChI=1S/C22H28ClFO2/c23-20-13-12-19(14-21(20)24)18-10-8-17(9-11-18)16-6-4-15(5-7-16)2-1-3-22(25)26/h1,3,12-18H,2,4-11H2,(H,25,26)/b3-1+/t15-,16-,17-,18-. The van der Waals surface area contributed by atoms with Gasteiger partial charge in [0.2, 0.25) is 0 Å². The molecule has 0 aliphatic heterocycles. The SMILES string of the molecule is O=C(O)/C=C/C[C@H]1CC[C@H]([C@H]2CC[C@H](c3ccc(Cl)c(F)c3)CC2)CC1. The van der Waals surface area contributed by atoms with Crippen LogP contribution in [0.15, 0.2) is 30.4 Å². The Morgan fingerprint density at radius 1 is 1.08 bits per heavy atom. The monoisotopic (exact) mass is 378 g/mol. The molecule has 142 valence electrons. The van der Waals surface area contributed by atoms with E-state index in [1.165, 1.54) is 44.6 Å². The maximum atomic E-state index is 13.7. The molecule has 0 bridgehead atoms. The fourth-order valence-corrected chi connectivity index (χ4v) is 5.06. The van der Waals surface area contributed by atoms with Crippen molar-refractivity contribution in [1.82, 2.24) is 0 Å². The van der Waals surface area contributed by atoms with Crippen molar-refractivity contribution in [2.24, 2.45) is 17.8 Å². The molecule has 0 radical (unpaired) electrons. The van der Waals surface area contributed by atoms with Gasteiger partial charge in [0, 0.05) is 6.08 Å². The van der Waals surface area contributed by atoms with Crippen molar-refractivity contribution in [2.45, 2.75) is 63.7 Å². The molecule has 2 aliphatic rings. The quantitative estimate of drug-likeness (QED) is 0.586. The van der Waals surface area contributed by atoms with Gasteiger partial charge < -0.3 is 5.11 Å². The van der Waals surface area contributed by atoms with Crippen LogP contribution in [-0.2, 0) is 4.79 Å². The van der Waals surface area contributed by atoms with E-state index in [4.69, 9.17) is 16.7 Å². The van der Waals surface area contributed by atoms with E-state index in [-0.39, 0.29) is 10.8 Å². The van der Waals surface area contributed by atoms with E-state index in [1.807, 2.05) is 12.1 Å². The third kappa shape index (κ3) is 5.09. The predicted octanol–water partition coefficient (Wildman–Crippen LogP) is 6.59. The van der Waals surface area contributed by atoms with E-state index < -0.39 is 5.97 Å². The second-order valence-corrected chi connectivity index (χ2v) is 8.45. The lowest BCUT2D eigenvalue weighted by Crippen LogP contribution is -2.25. The summed E-state index contributed by atoms with van der Waals surface area (Å²) in [5.74, 6) is 1.58. The molecular formula is C22H28ClFO2. The molecule has 2 saturated carbocycles. The van der Waals surface area contributed by atoms with Crippen LogP contribution in [0.3, 0.4) is 0 Å². The van der Waals surface area contributed by atoms with Crippen molar-refractivity contribution in [1.29, 1.82) is 0 Å². The van der Waals surface area contributed by atoms with Gasteiger partial charge in [-0.2, -0.15) is 0 Å². The molecule has 2 fully saturated rings. The maximum Gasteiger partial charge on any atom is 0.327 e. The Labute approximate surface area is 160 Å². The molecule has 2 nitrogen and oxygen atoms in total. The number of halogens is 2. The van der Waals surface area contributed by atoms with Crippen molar-refractivity contribution in [3.63, 3.8) is 0 Å². The minimum atomic E-state index is -0.851. The zero-order valence-corrected chi connectivity index (χ0v) is 15.9. The molecule has 2 aliphatic carbocycles. The van der Waals surface area contributed by atoms with Crippen LogP contribution in [0, 0.1) is 23.6 Å². The molecule has 0 heterocycles. The van der Waals surface area contributed by atoms with Gasteiger partial charge in [-0.1, -0.05) is 23.7 Å². The number of hydrogen-bond donors (Lipinski definition) is 1. The van der Waals surface area contributed by atoms with E-state index in [2.05, 4.69) is 0 Å². The summed E-state index contributed by atoms with van der Waals surface area (Å²) in [7, 11) is 0. The molecule has 0 spiro atoms. The molecule has 0 unspecified atom stereocenters. The Bertz CT molecular complexity index is 642. The molecule has 1 N–H and O–H groups in total. The molecule has 26 heavy (non-hydrogen) atoms. The first-order chi connectivity index (χ1) is 12.5. The van der Waals surface area contributed by atoms with Crippen LogP contribution < -0.4 is 0 Å². The minimum absolute atomic E-state index is 0.206. The third-order valence-electron chi connectivity index (χ3n) is 6.47. The minimum Gasteiger partial charge on any atom is -0.478 e. The Hall–Kier alpha value is -1.35. The summed E-state index contributed by atoms with van der Waals surface area (Å²) in [5, 5.41) is 8.88. The Kier molecular flexibility index (Phi) is 6.74. The Balaban J connectivity index is 1.44. The number of aliphatic carboxylic acids is 1. The molecule has 0 aromatic heterocycles. The van der Waals surface area contributed by atoms with E-state index in [1.54, 1.807) is 12.1 Å². The van der Waals surface area contributed by atoms with Gasteiger partial charge in [-0.3, -0.25) is 0 Å². The van der Waals surface area contributed by atoms with Crippen molar-refractivity contribution in [3.05, 3.63) is 46.8 Å². The topological polar surface area (TPSA) is 37.3 Å². The number of carbonyl (C=O) groups is 1. The van der Waals surface area contributed by atoms with Crippen LogP contribution in [0.4, 0.5) is 4.39 Å². The van der Waals surface area contributed by atoms with Crippen LogP contribution in [0.5, 0.6) is 0 Å².